The SMILES string of the molecule is CCCCCCC(C(=O)O)N1CC(S(N)(=O)=O)CC1=O. The molecule has 1 aliphatic heterocycles. The highest BCUT2D eigenvalue weighted by Crippen LogP contribution is 2.22. The van der Waals surface area contributed by atoms with E-state index in [4.69, 9.17) is 5.14 Å². The zero-order valence-electron chi connectivity index (χ0n) is 11.6. The second kappa shape index (κ2) is 7.03. The van der Waals surface area contributed by atoms with E-state index in [1.165, 1.54) is 0 Å². The van der Waals surface area contributed by atoms with Gasteiger partial charge in [-0.2, -0.15) is 0 Å². The standard InChI is InChI=1S/C12H22N2O5S/c1-2-3-4-5-6-10(12(16)17)14-8-9(7-11(14)15)20(13,18)19/h9-10H,2-8H2,1H3,(H,16,17)(H2,13,18,19). The Morgan fingerprint density at radius 3 is 2.55 bits per heavy atom. The third kappa shape index (κ3) is 4.45. The number of primary sulfonamides is 1. The van der Waals surface area contributed by atoms with Crippen LogP contribution >= 0.6 is 0 Å². The molecule has 0 saturated carbocycles. The van der Waals surface area contributed by atoms with Crippen molar-refractivity contribution in [2.24, 2.45) is 5.14 Å². The van der Waals surface area contributed by atoms with Gasteiger partial charge in [0.05, 0.1) is 0 Å². The van der Waals surface area contributed by atoms with Gasteiger partial charge in [-0.05, 0) is 6.42 Å². The molecule has 2 unspecified atom stereocenters. The summed E-state index contributed by atoms with van der Waals surface area (Å²) in [7, 11) is -3.81. The van der Waals surface area contributed by atoms with E-state index in [2.05, 4.69) is 6.92 Å². The van der Waals surface area contributed by atoms with Crippen LogP contribution in [0, 0.1) is 0 Å². The fraction of sp³-hybridized carbons (Fsp3) is 0.833. The average Bonchev–Trinajstić information content (AvgIpc) is 2.71. The van der Waals surface area contributed by atoms with Gasteiger partial charge in [-0.1, -0.05) is 32.6 Å². The highest BCUT2D eigenvalue weighted by Gasteiger charge is 2.41. The van der Waals surface area contributed by atoms with Gasteiger partial charge in [-0.3, -0.25) is 4.79 Å². The quantitative estimate of drug-likeness (QED) is 0.625. The Balaban J connectivity index is 2.68. The lowest BCUT2D eigenvalue weighted by atomic mass is 10.1. The Morgan fingerprint density at radius 2 is 2.10 bits per heavy atom. The van der Waals surface area contributed by atoms with Crippen molar-refractivity contribution in [3.8, 4) is 0 Å². The number of carboxylic acids is 1. The van der Waals surface area contributed by atoms with Crippen molar-refractivity contribution in [3.63, 3.8) is 0 Å². The van der Waals surface area contributed by atoms with E-state index in [1.807, 2.05) is 0 Å². The van der Waals surface area contributed by atoms with Gasteiger partial charge in [0.25, 0.3) is 0 Å². The zero-order chi connectivity index (χ0) is 15.3. The Kier molecular flexibility index (Phi) is 5.94. The van der Waals surface area contributed by atoms with Crippen molar-refractivity contribution in [3.05, 3.63) is 0 Å². The molecular formula is C12H22N2O5S. The molecule has 116 valence electrons. The van der Waals surface area contributed by atoms with E-state index in [0.29, 0.717) is 12.8 Å². The molecule has 3 N–H and O–H groups in total. The predicted octanol–water partition coefficient (Wildman–Crippen LogP) is 0.299. The number of carboxylic acid groups (broad SMARTS) is 1. The highest BCUT2D eigenvalue weighted by atomic mass is 32.2. The molecule has 0 aliphatic carbocycles. The number of aliphatic carboxylic acids is 1. The predicted molar refractivity (Wildman–Crippen MR) is 73.4 cm³/mol. The number of likely N-dealkylation sites (tertiary alicyclic amines) is 1. The average molecular weight is 306 g/mol. The van der Waals surface area contributed by atoms with Gasteiger partial charge in [-0.25, -0.2) is 18.4 Å². The minimum absolute atomic E-state index is 0.123. The lowest BCUT2D eigenvalue weighted by Crippen LogP contribution is -2.43. The first-order valence-electron chi connectivity index (χ1n) is 6.81. The fourth-order valence-electron chi connectivity index (χ4n) is 2.40. The van der Waals surface area contributed by atoms with Gasteiger partial charge < -0.3 is 10.0 Å². The summed E-state index contributed by atoms with van der Waals surface area (Å²) in [4.78, 5) is 24.2. The molecule has 7 nitrogen and oxygen atoms in total. The first-order chi connectivity index (χ1) is 9.27. The molecule has 8 heteroatoms. The second-order valence-electron chi connectivity index (χ2n) is 5.16. The molecule has 1 saturated heterocycles. The summed E-state index contributed by atoms with van der Waals surface area (Å²) in [6.07, 6.45) is 3.78. The minimum Gasteiger partial charge on any atom is -0.480 e. The van der Waals surface area contributed by atoms with Crippen molar-refractivity contribution in [2.75, 3.05) is 6.54 Å². The van der Waals surface area contributed by atoms with Crippen LogP contribution in [0.15, 0.2) is 0 Å². The van der Waals surface area contributed by atoms with E-state index in [1.54, 1.807) is 0 Å². The molecule has 2 atom stereocenters. The van der Waals surface area contributed by atoms with Gasteiger partial charge in [0.15, 0.2) is 0 Å². The van der Waals surface area contributed by atoms with Gasteiger partial charge in [0, 0.05) is 13.0 Å². The molecule has 0 aromatic heterocycles. The Morgan fingerprint density at radius 1 is 1.45 bits per heavy atom. The van der Waals surface area contributed by atoms with Crippen molar-refractivity contribution in [1.82, 2.24) is 4.90 Å². The van der Waals surface area contributed by atoms with Gasteiger partial charge >= 0.3 is 5.97 Å². The molecular weight excluding hydrogens is 284 g/mol. The summed E-state index contributed by atoms with van der Waals surface area (Å²) in [5.74, 6) is -1.54. The number of sulfonamides is 1. The maximum atomic E-state index is 11.8. The number of hydrogen-bond donors (Lipinski definition) is 2. The molecule has 0 aromatic rings. The molecule has 1 fully saturated rings. The zero-order valence-corrected chi connectivity index (χ0v) is 12.4. The number of unbranched alkanes of at least 4 members (excludes halogenated alkanes) is 3. The molecule has 0 bridgehead atoms. The van der Waals surface area contributed by atoms with Crippen LogP contribution in [0.5, 0.6) is 0 Å². The second-order valence-corrected chi connectivity index (χ2v) is 7.01. The number of amides is 1. The maximum absolute atomic E-state index is 11.8. The molecule has 1 amide bonds. The number of nitrogens with zero attached hydrogens (tertiary/aromatic N) is 1. The normalized spacial score (nSPS) is 21.2. The van der Waals surface area contributed by atoms with Gasteiger partial charge in [0.2, 0.25) is 15.9 Å². The molecule has 20 heavy (non-hydrogen) atoms. The van der Waals surface area contributed by atoms with Crippen LogP contribution in [0.25, 0.3) is 0 Å². The Labute approximate surface area is 119 Å². The van der Waals surface area contributed by atoms with Crippen LogP contribution in [0.2, 0.25) is 0 Å². The number of carbonyl (C=O) groups excluding carboxylic acids is 1. The lowest BCUT2D eigenvalue weighted by molar-refractivity contribution is -0.148. The Hall–Kier alpha value is -1.15. The first-order valence-corrected chi connectivity index (χ1v) is 8.42. The fourth-order valence-corrected chi connectivity index (χ4v) is 3.14. The van der Waals surface area contributed by atoms with Crippen LogP contribution < -0.4 is 5.14 Å². The van der Waals surface area contributed by atoms with Crippen molar-refractivity contribution >= 4 is 21.9 Å². The Bertz CT molecular complexity index is 462. The number of nitrogens with two attached hydrogens (primary N) is 1. The summed E-state index contributed by atoms with van der Waals surface area (Å²) in [6.45, 7) is 1.93. The molecule has 1 aliphatic rings. The van der Waals surface area contributed by atoms with Crippen LogP contribution in [0.4, 0.5) is 0 Å². The smallest absolute Gasteiger partial charge is 0.326 e. The maximum Gasteiger partial charge on any atom is 0.326 e. The molecule has 1 rings (SSSR count). The number of hydrogen-bond acceptors (Lipinski definition) is 4. The largest absolute Gasteiger partial charge is 0.480 e. The van der Waals surface area contributed by atoms with Crippen LogP contribution in [0.1, 0.15) is 45.4 Å². The molecule has 1 heterocycles. The van der Waals surface area contributed by atoms with E-state index >= 15 is 0 Å². The van der Waals surface area contributed by atoms with Gasteiger partial charge in [-0.15, -0.1) is 0 Å². The lowest BCUT2D eigenvalue weighted by Gasteiger charge is -2.24. The summed E-state index contributed by atoms with van der Waals surface area (Å²) >= 11 is 0. The summed E-state index contributed by atoms with van der Waals surface area (Å²) in [5, 5.41) is 13.3. The topological polar surface area (TPSA) is 118 Å². The first kappa shape index (κ1) is 16.9. The summed E-state index contributed by atoms with van der Waals surface area (Å²) in [5.41, 5.74) is 0. The van der Waals surface area contributed by atoms with Crippen molar-refractivity contribution < 1.29 is 23.1 Å². The van der Waals surface area contributed by atoms with E-state index in [0.717, 1.165) is 24.2 Å². The van der Waals surface area contributed by atoms with Gasteiger partial charge in [0.1, 0.15) is 11.3 Å². The highest BCUT2D eigenvalue weighted by molar-refractivity contribution is 7.89. The van der Waals surface area contributed by atoms with E-state index in [-0.39, 0.29) is 13.0 Å². The van der Waals surface area contributed by atoms with Crippen LogP contribution in [-0.4, -0.2) is 48.1 Å². The van der Waals surface area contributed by atoms with Crippen LogP contribution in [0.3, 0.4) is 0 Å². The minimum atomic E-state index is -3.81. The monoisotopic (exact) mass is 306 g/mol. The number of carbonyl (C=O) groups is 2. The van der Waals surface area contributed by atoms with Crippen molar-refractivity contribution in [1.29, 1.82) is 0 Å². The third-order valence-corrected chi connectivity index (χ3v) is 4.82. The van der Waals surface area contributed by atoms with E-state index < -0.39 is 33.2 Å². The summed E-state index contributed by atoms with van der Waals surface area (Å²) < 4.78 is 22.5. The molecule has 0 spiro atoms. The molecule has 0 aromatic carbocycles. The van der Waals surface area contributed by atoms with E-state index in [9.17, 15) is 23.1 Å². The molecule has 0 radical (unpaired) electrons. The third-order valence-electron chi connectivity index (χ3n) is 3.58. The van der Waals surface area contributed by atoms with Crippen LogP contribution in [-0.2, 0) is 19.6 Å². The summed E-state index contributed by atoms with van der Waals surface area (Å²) in [6, 6.07) is -0.953. The number of rotatable bonds is 8. The van der Waals surface area contributed by atoms with Crippen molar-refractivity contribution in [2.45, 2.75) is 56.7 Å².